The van der Waals surface area contributed by atoms with Gasteiger partial charge in [-0.15, -0.1) is 15.0 Å². The lowest BCUT2D eigenvalue weighted by Crippen LogP contribution is -2.35. The van der Waals surface area contributed by atoms with Gasteiger partial charge >= 0.3 is 12.1 Å². The topological polar surface area (TPSA) is 77.2 Å². The van der Waals surface area contributed by atoms with E-state index in [1.54, 1.807) is 13.0 Å². The Morgan fingerprint density at radius 1 is 0.881 bits per heavy atom. The van der Waals surface area contributed by atoms with Crippen LogP contribution < -0.4 is 0 Å². The van der Waals surface area contributed by atoms with E-state index in [0.717, 1.165) is 24.1 Å². The summed E-state index contributed by atoms with van der Waals surface area (Å²) in [4.78, 5) is 13.6. The maximum atomic E-state index is 13.4. The smallest absolute Gasteiger partial charge is 0.416 e. The van der Waals surface area contributed by atoms with Gasteiger partial charge in [0.25, 0.3) is 0 Å². The molecular formula is C33H44F3N3O3. The molecule has 3 aromatic rings. The molecule has 0 bridgehead atoms. The van der Waals surface area contributed by atoms with Crippen LogP contribution >= 0.6 is 0 Å². The van der Waals surface area contributed by atoms with E-state index in [1.165, 1.54) is 10.9 Å². The number of halogens is 3. The predicted octanol–water partition coefficient (Wildman–Crippen LogP) is 8.67. The summed E-state index contributed by atoms with van der Waals surface area (Å²) in [6, 6.07) is 6.89. The zero-order valence-electron chi connectivity index (χ0n) is 26.5. The second-order valence-corrected chi connectivity index (χ2v) is 14.9. The van der Waals surface area contributed by atoms with Crippen molar-refractivity contribution in [3.05, 3.63) is 59.2 Å². The van der Waals surface area contributed by atoms with E-state index in [0.29, 0.717) is 12.0 Å². The van der Waals surface area contributed by atoms with Gasteiger partial charge < -0.3 is 9.84 Å². The van der Waals surface area contributed by atoms with Gasteiger partial charge in [0.05, 0.1) is 5.56 Å². The minimum atomic E-state index is -4.53. The number of esters is 1. The van der Waals surface area contributed by atoms with E-state index in [-0.39, 0.29) is 45.5 Å². The first-order valence-electron chi connectivity index (χ1n) is 14.1. The van der Waals surface area contributed by atoms with Gasteiger partial charge in [0, 0.05) is 16.6 Å². The molecule has 0 radical (unpaired) electrons. The third-order valence-electron chi connectivity index (χ3n) is 7.20. The van der Waals surface area contributed by atoms with Crippen molar-refractivity contribution in [3.63, 3.8) is 0 Å². The number of benzene rings is 2. The molecular weight excluding hydrogens is 543 g/mol. The number of ether oxygens (including phenoxy) is 1. The Morgan fingerprint density at radius 3 is 1.98 bits per heavy atom. The molecule has 42 heavy (non-hydrogen) atoms. The molecule has 0 saturated carbocycles. The Labute approximate surface area is 247 Å². The molecule has 1 atom stereocenters. The summed E-state index contributed by atoms with van der Waals surface area (Å²) >= 11 is 0. The third-order valence-corrected chi connectivity index (χ3v) is 7.20. The van der Waals surface area contributed by atoms with Crippen molar-refractivity contribution >= 4 is 17.0 Å². The van der Waals surface area contributed by atoms with Gasteiger partial charge in [0.1, 0.15) is 29.1 Å². The maximum Gasteiger partial charge on any atom is 0.416 e. The zero-order chi connectivity index (χ0) is 32.1. The van der Waals surface area contributed by atoms with Crippen LogP contribution in [0.2, 0.25) is 0 Å². The van der Waals surface area contributed by atoms with Gasteiger partial charge in [0.2, 0.25) is 0 Å². The van der Waals surface area contributed by atoms with Gasteiger partial charge in [-0.05, 0) is 65.8 Å². The summed E-state index contributed by atoms with van der Waals surface area (Å²) in [6.45, 7) is 24.1. The Kier molecular flexibility index (Phi) is 8.72. The molecule has 1 heterocycles. The van der Waals surface area contributed by atoms with Crippen LogP contribution in [-0.4, -0.2) is 32.7 Å². The largest absolute Gasteiger partial charge is 0.505 e. The molecule has 0 amide bonds. The van der Waals surface area contributed by atoms with Crippen LogP contribution in [0.25, 0.3) is 16.7 Å². The van der Waals surface area contributed by atoms with Crippen LogP contribution in [0.4, 0.5) is 13.2 Å². The van der Waals surface area contributed by atoms with Crippen LogP contribution in [0.5, 0.6) is 5.75 Å². The molecule has 9 heteroatoms. The van der Waals surface area contributed by atoms with Crippen LogP contribution in [0, 0.1) is 10.8 Å². The van der Waals surface area contributed by atoms with E-state index < -0.39 is 28.5 Å². The Hall–Kier alpha value is -3.36. The number of fused-ring (bicyclic) bond motifs is 1. The molecule has 3 rings (SSSR count). The fourth-order valence-corrected chi connectivity index (χ4v) is 6.01. The van der Waals surface area contributed by atoms with Crippen LogP contribution in [-0.2, 0) is 26.5 Å². The van der Waals surface area contributed by atoms with Crippen LogP contribution in [0.15, 0.2) is 42.5 Å². The molecule has 1 N–H and O–H groups in total. The molecule has 0 saturated heterocycles. The number of hydrogen-bond donors (Lipinski definition) is 1. The van der Waals surface area contributed by atoms with E-state index in [9.17, 15) is 23.1 Å². The molecule has 0 spiro atoms. The van der Waals surface area contributed by atoms with Gasteiger partial charge in [-0.1, -0.05) is 75.0 Å². The Bertz CT molecular complexity index is 1490. The molecule has 6 nitrogen and oxygen atoms in total. The second-order valence-electron chi connectivity index (χ2n) is 14.9. The number of aromatic hydroxyl groups is 1. The van der Waals surface area contributed by atoms with Crippen molar-refractivity contribution in [2.75, 3.05) is 6.61 Å². The van der Waals surface area contributed by atoms with Gasteiger partial charge in [-0.2, -0.15) is 13.2 Å². The van der Waals surface area contributed by atoms with E-state index in [1.807, 2.05) is 26.8 Å². The molecule has 0 aliphatic carbocycles. The number of alkyl halides is 3. The van der Waals surface area contributed by atoms with Crippen molar-refractivity contribution in [3.8, 4) is 11.4 Å². The molecule has 0 aliphatic rings. The Morgan fingerprint density at radius 2 is 1.45 bits per heavy atom. The minimum Gasteiger partial charge on any atom is -0.505 e. The second kappa shape index (κ2) is 11.0. The summed E-state index contributed by atoms with van der Waals surface area (Å²) < 4.78 is 45.9. The SMILES string of the molecule is C=C(C)C(=O)OCC(C)(CC(C)(C)C)c1cc(-n2nc3ccc(C(F)(F)F)cc3n2)c(O)c(C(C)(C)CC(C)(C)C)c1. The number of carbonyl (C=O) groups excluding carboxylic acids is 1. The van der Waals surface area contributed by atoms with Crippen molar-refractivity contribution < 1.29 is 27.8 Å². The lowest BCUT2D eigenvalue weighted by molar-refractivity contribution is -0.141. The molecule has 230 valence electrons. The fourth-order valence-electron chi connectivity index (χ4n) is 6.01. The zero-order valence-corrected chi connectivity index (χ0v) is 26.5. The number of nitrogens with zero attached hydrogens (tertiary/aromatic N) is 3. The first-order chi connectivity index (χ1) is 18.9. The summed E-state index contributed by atoms with van der Waals surface area (Å²) in [6.07, 6.45) is -3.18. The minimum absolute atomic E-state index is 0.0537. The molecule has 0 fully saturated rings. The molecule has 1 aromatic heterocycles. The van der Waals surface area contributed by atoms with Crippen molar-refractivity contribution in [2.45, 2.75) is 99.1 Å². The normalized spacial score (nSPS) is 14.6. The van der Waals surface area contributed by atoms with Crippen molar-refractivity contribution in [1.29, 1.82) is 0 Å². The molecule has 0 aliphatic heterocycles. The number of hydrogen-bond acceptors (Lipinski definition) is 5. The predicted molar refractivity (Wildman–Crippen MR) is 160 cm³/mol. The summed E-state index contributed by atoms with van der Waals surface area (Å²) in [7, 11) is 0. The summed E-state index contributed by atoms with van der Waals surface area (Å²) in [5, 5.41) is 20.5. The number of aromatic nitrogens is 3. The van der Waals surface area contributed by atoms with E-state index in [2.05, 4.69) is 58.3 Å². The van der Waals surface area contributed by atoms with Gasteiger partial charge in [-0.25, -0.2) is 4.79 Å². The first kappa shape index (κ1) is 33.1. The van der Waals surface area contributed by atoms with Crippen molar-refractivity contribution in [2.24, 2.45) is 10.8 Å². The highest BCUT2D eigenvalue weighted by molar-refractivity contribution is 5.87. The molecule has 1 unspecified atom stereocenters. The number of phenols is 1. The van der Waals surface area contributed by atoms with Crippen LogP contribution in [0.3, 0.4) is 0 Å². The summed E-state index contributed by atoms with van der Waals surface area (Å²) in [5.41, 5.74) is -0.0199. The van der Waals surface area contributed by atoms with Gasteiger partial charge in [-0.3, -0.25) is 0 Å². The number of phenolic OH excluding ortho intramolecular Hbond substituents is 1. The number of carbonyl (C=O) groups is 1. The highest BCUT2D eigenvalue weighted by Gasteiger charge is 2.38. The van der Waals surface area contributed by atoms with E-state index >= 15 is 0 Å². The highest BCUT2D eigenvalue weighted by atomic mass is 19.4. The highest BCUT2D eigenvalue weighted by Crippen LogP contribution is 2.46. The van der Waals surface area contributed by atoms with Gasteiger partial charge in [0.15, 0.2) is 0 Å². The van der Waals surface area contributed by atoms with Crippen LogP contribution in [0.1, 0.15) is 98.8 Å². The van der Waals surface area contributed by atoms with Crippen molar-refractivity contribution in [1.82, 2.24) is 15.0 Å². The third kappa shape index (κ3) is 7.72. The lowest BCUT2D eigenvalue weighted by Gasteiger charge is -2.38. The fraction of sp³-hybridized carbons (Fsp3) is 0.545. The Balaban J connectivity index is 2.32. The lowest BCUT2D eigenvalue weighted by atomic mass is 9.68. The first-order valence-corrected chi connectivity index (χ1v) is 14.1. The standard InChI is InChI=1S/C33H44F3N3O3/c1-20(2)28(41)42-19-32(11,18-30(6,7)8)22-14-23(31(9,10)17-29(3,4)5)27(40)26(16-22)39-37-24-13-12-21(33(34,35)36)15-25(24)38-39/h12-16,40H,1,17-19H2,2-11H3. The molecule has 2 aromatic carbocycles. The number of rotatable bonds is 8. The quantitative estimate of drug-likeness (QED) is 0.211. The summed E-state index contributed by atoms with van der Waals surface area (Å²) in [5.74, 6) is -0.552. The average Bonchev–Trinajstić information content (AvgIpc) is 3.22. The maximum absolute atomic E-state index is 13.4. The van der Waals surface area contributed by atoms with E-state index in [4.69, 9.17) is 4.74 Å². The average molecular weight is 588 g/mol. The monoisotopic (exact) mass is 587 g/mol.